The van der Waals surface area contributed by atoms with Gasteiger partial charge in [0.15, 0.2) is 5.96 Å². The summed E-state index contributed by atoms with van der Waals surface area (Å²) in [5.74, 6) is 1.00. The quantitative estimate of drug-likeness (QED) is 0.496. The van der Waals surface area contributed by atoms with Crippen molar-refractivity contribution in [1.82, 2.24) is 15.2 Å². The maximum absolute atomic E-state index is 4.33. The average molecular weight is 366 g/mol. The Morgan fingerprint density at radius 2 is 2.24 bits per heavy atom. The molecule has 1 aliphatic rings. The monoisotopic (exact) mass is 366 g/mol. The highest BCUT2D eigenvalue weighted by molar-refractivity contribution is 14.0. The third-order valence-corrected chi connectivity index (χ3v) is 3.60. The second kappa shape index (κ2) is 7.15. The second-order valence-electron chi connectivity index (χ2n) is 3.96. The van der Waals surface area contributed by atoms with E-state index in [-0.39, 0.29) is 24.0 Å². The molecule has 0 aromatic carbocycles. The summed E-state index contributed by atoms with van der Waals surface area (Å²) < 4.78 is 0. The first-order valence-corrected chi connectivity index (χ1v) is 6.48. The van der Waals surface area contributed by atoms with Crippen molar-refractivity contribution in [2.24, 2.45) is 4.99 Å². The van der Waals surface area contributed by atoms with E-state index >= 15 is 0 Å². The molecule has 0 amide bonds. The fraction of sp³-hybridized carbons (Fsp3) is 0.636. The van der Waals surface area contributed by atoms with E-state index < -0.39 is 0 Å². The van der Waals surface area contributed by atoms with Gasteiger partial charge in [-0.1, -0.05) is 0 Å². The molecule has 4 nitrogen and oxygen atoms in total. The third-order valence-electron chi connectivity index (χ3n) is 2.68. The number of halogens is 1. The van der Waals surface area contributed by atoms with Crippen LogP contribution < -0.4 is 5.32 Å². The molecule has 0 saturated carbocycles. The predicted molar refractivity (Wildman–Crippen MR) is 83.3 cm³/mol. The lowest BCUT2D eigenvalue weighted by Gasteiger charge is -2.20. The molecule has 0 radical (unpaired) electrons. The minimum absolute atomic E-state index is 0. The molecule has 6 heteroatoms. The first-order chi connectivity index (χ1) is 7.79. The molecule has 0 atom stereocenters. The van der Waals surface area contributed by atoms with E-state index in [4.69, 9.17) is 0 Å². The van der Waals surface area contributed by atoms with Crippen LogP contribution in [0.5, 0.6) is 0 Å². The molecule has 1 N–H and O–H groups in total. The molecular formula is C11H19IN4S. The summed E-state index contributed by atoms with van der Waals surface area (Å²) in [5, 5.41) is 4.49. The first-order valence-electron chi connectivity index (χ1n) is 5.66. The molecule has 1 aliphatic heterocycles. The molecule has 0 bridgehead atoms. The van der Waals surface area contributed by atoms with Gasteiger partial charge in [-0.05, 0) is 19.8 Å². The van der Waals surface area contributed by atoms with Crippen LogP contribution in [0.1, 0.15) is 22.7 Å². The molecule has 2 rings (SSSR count). The molecule has 0 unspecified atom stereocenters. The van der Waals surface area contributed by atoms with Crippen molar-refractivity contribution in [3.63, 3.8) is 0 Å². The number of thiazole rings is 1. The molecule has 0 aliphatic carbocycles. The van der Waals surface area contributed by atoms with E-state index in [0.717, 1.165) is 30.6 Å². The lowest BCUT2D eigenvalue weighted by atomic mass is 10.4. The van der Waals surface area contributed by atoms with Gasteiger partial charge in [0, 0.05) is 31.2 Å². The van der Waals surface area contributed by atoms with Gasteiger partial charge >= 0.3 is 0 Å². The number of hydrogen-bond acceptors (Lipinski definition) is 3. The number of nitrogens with zero attached hydrogens (tertiary/aromatic N) is 3. The zero-order chi connectivity index (χ0) is 11.4. The predicted octanol–water partition coefficient (Wildman–Crippen LogP) is 2.24. The van der Waals surface area contributed by atoms with Crippen LogP contribution in [0.3, 0.4) is 0 Å². The number of aryl methyl sites for hydroxylation is 1. The largest absolute Gasteiger partial charge is 0.350 e. The molecule has 0 spiro atoms. The van der Waals surface area contributed by atoms with E-state index in [2.05, 4.69) is 27.1 Å². The van der Waals surface area contributed by atoms with Crippen LogP contribution in [0.4, 0.5) is 0 Å². The highest BCUT2D eigenvalue weighted by Gasteiger charge is 2.15. The smallest absolute Gasteiger partial charge is 0.193 e. The molecule has 1 aromatic rings. The Kier molecular flexibility index (Phi) is 6.18. The van der Waals surface area contributed by atoms with Crippen molar-refractivity contribution < 1.29 is 0 Å². The highest BCUT2D eigenvalue weighted by atomic mass is 127. The van der Waals surface area contributed by atoms with Gasteiger partial charge < -0.3 is 10.2 Å². The van der Waals surface area contributed by atoms with Crippen molar-refractivity contribution in [2.45, 2.75) is 26.3 Å². The zero-order valence-electron chi connectivity index (χ0n) is 10.3. The Morgan fingerprint density at radius 1 is 1.53 bits per heavy atom. The van der Waals surface area contributed by atoms with Crippen molar-refractivity contribution in [2.75, 3.05) is 20.1 Å². The summed E-state index contributed by atoms with van der Waals surface area (Å²) in [5.41, 5.74) is 0. The lowest BCUT2D eigenvalue weighted by Crippen LogP contribution is -2.39. The third kappa shape index (κ3) is 4.09. The number of aliphatic imine (C=N–C) groups is 1. The topological polar surface area (TPSA) is 40.5 Å². The number of hydrogen-bond donors (Lipinski definition) is 1. The van der Waals surface area contributed by atoms with E-state index in [0.29, 0.717) is 0 Å². The van der Waals surface area contributed by atoms with Gasteiger partial charge in [0.05, 0.1) is 6.54 Å². The van der Waals surface area contributed by atoms with Crippen LogP contribution in [0, 0.1) is 6.92 Å². The van der Waals surface area contributed by atoms with Gasteiger partial charge in [0.1, 0.15) is 5.01 Å². The van der Waals surface area contributed by atoms with Crippen LogP contribution >= 0.6 is 35.3 Å². The SMILES string of the molecule is CN=C(NCc1ncc(C)s1)N1CCCC1.I. The number of aromatic nitrogens is 1. The Hall–Kier alpha value is -0.370. The fourth-order valence-corrected chi connectivity index (χ4v) is 2.63. The fourth-order valence-electron chi connectivity index (χ4n) is 1.90. The Balaban J connectivity index is 0.00000144. The number of nitrogens with one attached hydrogen (secondary N) is 1. The van der Waals surface area contributed by atoms with Crippen molar-refractivity contribution in [3.8, 4) is 0 Å². The molecule has 17 heavy (non-hydrogen) atoms. The van der Waals surface area contributed by atoms with E-state index in [1.165, 1.54) is 17.7 Å². The van der Waals surface area contributed by atoms with Crippen LogP contribution in [-0.2, 0) is 6.54 Å². The van der Waals surface area contributed by atoms with Crippen LogP contribution in [-0.4, -0.2) is 36.0 Å². The van der Waals surface area contributed by atoms with Crippen molar-refractivity contribution >= 4 is 41.3 Å². The number of rotatable bonds is 2. The molecular weight excluding hydrogens is 347 g/mol. The number of likely N-dealkylation sites (tertiary alicyclic amines) is 1. The molecule has 1 fully saturated rings. The van der Waals surface area contributed by atoms with Crippen molar-refractivity contribution in [1.29, 1.82) is 0 Å². The maximum atomic E-state index is 4.33. The number of guanidine groups is 1. The molecule has 96 valence electrons. The van der Waals surface area contributed by atoms with Gasteiger partial charge in [-0.3, -0.25) is 4.99 Å². The van der Waals surface area contributed by atoms with E-state index in [9.17, 15) is 0 Å². The van der Waals surface area contributed by atoms with E-state index in [1.807, 2.05) is 13.2 Å². The summed E-state index contributed by atoms with van der Waals surface area (Å²) >= 11 is 1.74. The molecule has 1 aromatic heterocycles. The van der Waals surface area contributed by atoms with Gasteiger partial charge in [-0.25, -0.2) is 4.98 Å². The summed E-state index contributed by atoms with van der Waals surface area (Å²) in [4.78, 5) is 12.2. The Labute approximate surface area is 124 Å². The van der Waals surface area contributed by atoms with E-state index in [1.54, 1.807) is 11.3 Å². The van der Waals surface area contributed by atoms with Crippen molar-refractivity contribution in [3.05, 3.63) is 16.1 Å². The van der Waals surface area contributed by atoms with Gasteiger partial charge in [-0.2, -0.15) is 0 Å². The minimum atomic E-state index is 0. The minimum Gasteiger partial charge on any atom is -0.350 e. The van der Waals surface area contributed by atoms with Gasteiger partial charge in [0.25, 0.3) is 0 Å². The summed E-state index contributed by atoms with van der Waals surface area (Å²) in [6, 6.07) is 0. The maximum Gasteiger partial charge on any atom is 0.193 e. The average Bonchev–Trinajstić information content (AvgIpc) is 2.91. The molecule has 2 heterocycles. The van der Waals surface area contributed by atoms with Crippen LogP contribution in [0.2, 0.25) is 0 Å². The lowest BCUT2D eigenvalue weighted by molar-refractivity contribution is 0.493. The molecule has 1 saturated heterocycles. The second-order valence-corrected chi connectivity index (χ2v) is 5.28. The van der Waals surface area contributed by atoms with Crippen LogP contribution in [0.25, 0.3) is 0 Å². The highest BCUT2D eigenvalue weighted by Crippen LogP contribution is 2.11. The summed E-state index contributed by atoms with van der Waals surface area (Å²) in [6.45, 7) is 5.10. The Bertz CT molecular complexity index is 371. The normalized spacial score (nSPS) is 15.9. The van der Waals surface area contributed by atoms with Gasteiger partial charge in [-0.15, -0.1) is 35.3 Å². The standard InChI is InChI=1S/C11H18N4S.HI/c1-9-7-13-10(16-9)8-14-11(12-2)15-5-3-4-6-15;/h7H,3-6,8H2,1-2H3,(H,12,14);1H. The summed E-state index contributed by atoms with van der Waals surface area (Å²) in [7, 11) is 1.84. The first kappa shape index (κ1) is 14.7. The van der Waals surface area contributed by atoms with Gasteiger partial charge in [0.2, 0.25) is 0 Å². The summed E-state index contributed by atoms with van der Waals surface area (Å²) in [6.07, 6.45) is 4.47. The Morgan fingerprint density at radius 3 is 2.76 bits per heavy atom. The zero-order valence-corrected chi connectivity index (χ0v) is 13.4. The van der Waals surface area contributed by atoms with Crippen LogP contribution in [0.15, 0.2) is 11.2 Å².